The van der Waals surface area contributed by atoms with Crippen molar-refractivity contribution in [3.05, 3.63) is 38.3 Å². The van der Waals surface area contributed by atoms with Crippen molar-refractivity contribution in [1.29, 1.82) is 0 Å². The molecule has 1 N–H and O–H groups in total. The molecule has 0 spiro atoms. The fraction of sp³-hybridized carbons (Fsp3) is 0.538. The maximum Gasteiger partial charge on any atom is 0.273 e. The third-order valence-corrected chi connectivity index (χ3v) is 5.14. The second-order valence-electron chi connectivity index (χ2n) is 4.70. The Morgan fingerprint density at radius 1 is 1.53 bits per heavy atom. The third-order valence-electron chi connectivity index (χ3n) is 3.39. The van der Waals surface area contributed by atoms with E-state index in [9.17, 15) is 10.1 Å². The molecular formula is C13H17BrN2O2S. The van der Waals surface area contributed by atoms with E-state index in [1.165, 1.54) is 0 Å². The van der Waals surface area contributed by atoms with E-state index >= 15 is 0 Å². The smallest absolute Gasteiger partial charge is 0.273 e. The van der Waals surface area contributed by atoms with Crippen LogP contribution in [0.4, 0.5) is 5.69 Å². The van der Waals surface area contributed by atoms with Crippen LogP contribution in [0.2, 0.25) is 0 Å². The van der Waals surface area contributed by atoms with Gasteiger partial charge in [0.15, 0.2) is 0 Å². The van der Waals surface area contributed by atoms with Crippen molar-refractivity contribution >= 4 is 33.4 Å². The Kier molecular flexibility index (Phi) is 5.24. The number of nitrogens with zero attached hydrogens (tertiary/aromatic N) is 1. The van der Waals surface area contributed by atoms with Crippen LogP contribution in [0.5, 0.6) is 0 Å². The van der Waals surface area contributed by atoms with Gasteiger partial charge < -0.3 is 5.32 Å². The number of halogens is 1. The quantitative estimate of drug-likeness (QED) is 0.658. The minimum atomic E-state index is -0.287. The summed E-state index contributed by atoms with van der Waals surface area (Å²) in [5.41, 5.74) is 1.06. The molecular weight excluding hydrogens is 328 g/mol. The fourth-order valence-corrected chi connectivity index (χ4v) is 4.23. The molecule has 1 aliphatic rings. The van der Waals surface area contributed by atoms with Crippen molar-refractivity contribution in [3.63, 3.8) is 0 Å². The number of rotatable bonds is 5. The maximum absolute atomic E-state index is 11.1. The van der Waals surface area contributed by atoms with Gasteiger partial charge >= 0.3 is 0 Å². The van der Waals surface area contributed by atoms with Crippen LogP contribution < -0.4 is 5.32 Å². The Bertz CT molecular complexity index is 470. The van der Waals surface area contributed by atoms with Crippen LogP contribution in [0.25, 0.3) is 0 Å². The van der Waals surface area contributed by atoms with Gasteiger partial charge in [-0.2, -0.15) is 11.8 Å². The van der Waals surface area contributed by atoms with Crippen LogP contribution in [-0.4, -0.2) is 29.0 Å². The number of hydrogen-bond acceptors (Lipinski definition) is 4. The van der Waals surface area contributed by atoms with Crippen molar-refractivity contribution < 1.29 is 4.92 Å². The predicted molar refractivity (Wildman–Crippen MR) is 82.8 cm³/mol. The average Bonchev–Trinajstić information content (AvgIpc) is 2.79. The zero-order valence-electron chi connectivity index (χ0n) is 10.8. The van der Waals surface area contributed by atoms with Gasteiger partial charge in [0, 0.05) is 27.9 Å². The fourth-order valence-electron chi connectivity index (χ4n) is 2.45. The minimum Gasteiger partial charge on any atom is -0.313 e. The second kappa shape index (κ2) is 6.72. The first kappa shape index (κ1) is 14.8. The molecule has 0 radical (unpaired) electrons. The summed E-state index contributed by atoms with van der Waals surface area (Å²) in [4.78, 5) is 10.8. The minimum absolute atomic E-state index is 0.224. The van der Waals surface area contributed by atoms with Gasteiger partial charge in [-0.25, -0.2) is 0 Å². The molecule has 4 nitrogen and oxygen atoms in total. The summed E-state index contributed by atoms with van der Waals surface area (Å²) < 4.78 is 0.756. The molecule has 0 aliphatic carbocycles. The van der Waals surface area contributed by atoms with Crippen molar-refractivity contribution in [3.8, 4) is 0 Å². The SMILES string of the molecule is CCNC1CSCC1Cc1ccc(Br)cc1[N+](=O)[O-]. The normalized spacial score (nSPS) is 22.6. The molecule has 1 saturated heterocycles. The number of thioether (sulfide) groups is 1. The highest BCUT2D eigenvalue weighted by atomic mass is 79.9. The van der Waals surface area contributed by atoms with Crippen LogP contribution >= 0.6 is 27.7 Å². The van der Waals surface area contributed by atoms with Gasteiger partial charge in [-0.3, -0.25) is 10.1 Å². The first-order valence-corrected chi connectivity index (χ1v) is 8.30. The summed E-state index contributed by atoms with van der Waals surface area (Å²) in [6, 6.07) is 5.82. The Morgan fingerprint density at radius 3 is 3.00 bits per heavy atom. The molecule has 1 fully saturated rings. The maximum atomic E-state index is 11.1. The molecule has 19 heavy (non-hydrogen) atoms. The molecule has 0 amide bonds. The molecule has 0 bridgehead atoms. The van der Waals surface area contributed by atoms with Crippen molar-refractivity contribution in [2.45, 2.75) is 19.4 Å². The summed E-state index contributed by atoms with van der Waals surface area (Å²) in [5, 5.41) is 14.6. The topological polar surface area (TPSA) is 55.2 Å². The van der Waals surface area contributed by atoms with E-state index in [1.807, 2.05) is 23.9 Å². The van der Waals surface area contributed by atoms with Gasteiger partial charge in [-0.15, -0.1) is 0 Å². The Balaban J connectivity index is 2.16. The van der Waals surface area contributed by atoms with Gasteiger partial charge in [-0.05, 0) is 30.7 Å². The molecule has 0 aromatic heterocycles. The van der Waals surface area contributed by atoms with E-state index in [0.29, 0.717) is 12.0 Å². The van der Waals surface area contributed by atoms with Crippen LogP contribution in [0.15, 0.2) is 22.7 Å². The first-order chi connectivity index (χ1) is 9.11. The summed E-state index contributed by atoms with van der Waals surface area (Å²) in [6.45, 7) is 3.05. The van der Waals surface area contributed by atoms with E-state index in [1.54, 1.807) is 6.07 Å². The van der Waals surface area contributed by atoms with Crippen LogP contribution in [0, 0.1) is 16.0 Å². The molecule has 1 aliphatic heterocycles. The van der Waals surface area contributed by atoms with E-state index in [4.69, 9.17) is 0 Å². The lowest BCUT2D eigenvalue weighted by atomic mass is 9.94. The Morgan fingerprint density at radius 2 is 2.32 bits per heavy atom. The number of benzene rings is 1. The van der Waals surface area contributed by atoms with Gasteiger partial charge in [0.2, 0.25) is 0 Å². The van der Waals surface area contributed by atoms with Crippen molar-refractivity contribution in [2.24, 2.45) is 5.92 Å². The zero-order valence-corrected chi connectivity index (χ0v) is 13.2. The molecule has 2 rings (SSSR count). The van der Waals surface area contributed by atoms with Crippen LogP contribution in [-0.2, 0) is 6.42 Å². The summed E-state index contributed by atoms with van der Waals surface area (Å²) in [5.74, 6) is 2.65. The van der Waals surface area contributed by atoms with Crippen LogP contribution in [0.1, 0.15) is 12.5 Å². The highest BCUT2D eigenvalue weighted by Crippen LogP contribution is 2.31. The van der Waals surface area contributed by atoms with Gasteiger partial charge in [0.1, 0.15) is 0 Å². The molecule has 0 saturated carbocycles. The van der Waals surface area contributed by atoms with Gasteiger partial charge in [0.05, 0.1) is 4.92 Å². The largest absolute Gasteiger partial charge is 0.313 e. The molecule has 2 atom stereocenters. The Labute approximate surface area is 125 Å². The zero-order chi connectivity index (χ0) is 13.8. The summed E-state index contributed by atoms with van der Waals surface area (Å²) >= 11 is 5.22. The third kappa shape index (κ3) is 3.70. The highest BCUT2D eigenvalue weighted by Gasteiger charge is 2.29. The van der Waals surface area contributed by atoms with Crippen molar-refractivity contribution in [2.75, 3.05) is 18.1 Å². The van der Waals surface area contributed by atoms with Gasteiger partial charge in [0.25, 0.3) is 5.69 Å². The van der Waals surface area contributed by atoms with E-state index in [2.05, 4.69) is 28.2 Å². The number of nitrogens with one attached hydrogen (secondary N) is 1. The lowest BCUT2D eigenvalue weighted by Crippen LogP contribution is -2.36. The van der Waals surface area contributed by atoms with E-state index < -0.39 is 0 Å². The van der Waals surface area contributed by atoms with E-state index in [0.717, 1.165) is 34.5 Å². The summed E-state index contributed by atoms with van der Waals surface area (Å²) in [7, 11) is 0. The predicted octanol–water partition coefficient (Wildman–Crippen LogP) is 3.24. The molecule has 1 aromatic carbocycles. The van der Waals surface area contributed by atoms with Gasteiger partial charge in [-0.1, -0.05) is 28.9 Å². The summed E-state index contributed by atoms with van der Waals surface area (Å²) in [6.07, 6.45) is 0.772. The lowest BCUT2D eigenvalue weighted by molar-refractivity contribution is -0.385. The molecule has 1 heterocycles. The number of nitro benzene ring substituents is 1. The monoisotopic (exact) mass is 344 g/mol. The van der Waals surface area contributed by atoms with E-state index in [-0.39, 0.29) is 10.6 Å². The molecule has 1 aromatic rings. The molecule has 2 unspecified atom stereocenters. The average molecular weight is 345 g/mol. The second-order valence-corrected chi connectivity index (χ2v) is 6.69. The molecule has 104 valence electrons. The number of nitro groups is 1. The Hall–Kier alpha value is -0.590. The number of hydrogen-bond donors (Lipinski definition) is 1. The standard InChI is InChI=1S/C13H17BrN2O2S/c1-2-15-12-8-19-7-10(12)5-9-3-4-11(14)6-13(9)16(17)18/h3-4,6,10,12,15H,2,5,7-8H2,1H3. The van der Waals surface area contributed by atoms with Crippen molar-refractivity contribution in [1.82, 2.24) is 5.32 Å². The highest BCUT2D eigenvalue weighted by molar-refractivity contribution is 9.10. The lowest BCUT2D eigenvalue weighted by Gasteiger charge is -2.19. The molecule has 6 heteroatoms. The van der Waals surface area contributed by atoms with Crippen LogP contribution in [0.3, 0.4) is 0 Å². The first-order valence-electron chi connectivity index (χ1n) is 6.35.